The fraction of sp³-hybridized carbons (Fsp3) is 0.467. The van der Waals surface area contributed by atoms with Gasteiger partial charge in [0.2, 0.25) is 5.91 Å². The van der Waals surface area contributed by atoms with Crippen LogP contribution in [0.5, 0.6) is 0 Å². The maximum atomic E-state index is 12.1. The lowest BCUT2D eigenvalue weighted by Crippen LogP contribution is -2.34. The van der Waals surface area contributed by atoms with E-state index >= 15 is 0 Å². The minimum atomic E-state index is -1.01. The summed E-state index contributed by atoms with van der Waals surface area (Å²) in [5.41, 5.74) is 0.491. The average Bonchev–Trinajstić information content (AvgIpc) is 2.39. The number of nitrogens with one attached hydrogen (secondary N) is 1. The van der Waals surface area contributed by atoms with Crippen LogP contribution in [0, 0.1) is 12.3 Å². The number of anilines is 1. The van der Waals surface area contributed by atoms with Gasteiger partial charge in [0.25, 0.3) is 0 Å². The van der Waals surface area contributed by atoms with Crippen molar-refractivity contribution >= 4 is 29.2 Å². The number of halogens is 1. The minimum Gasteiger partial charge on any atom is -0.481 e. The van der Waals surface area contributed by atoms with E-state index in [1.165, 1.54) is 0 Å². The Labute approximate surface area is 124 Å². The van der Waals surface area contributed by atoms with Gasteiger partial charge in [-0.1, -0.05) is 31.5 Å². The summed E-state index contributed by atoms with van der Waals surface area (Å²) in [7, 11) is 0. The van der Waals surface area contributed by atoms with Crippen molar-refractivity contribution in [2.45, 2.75) is 40.0 Å². The highest BCUT2D eigenvalue weighted by molar-refractivity contribution is 6.33. The van der Waals surface area contributed by atoms with Crippen LogP contribution >= 0.6 is 11.6 Å². The predicted molar refractivity (Wildman–Crippen MR) is 80.1 cm³/mol. The Bertz CT molecular complexity index is 510. The normalized spacial score (nSPS) is 11.2. The summed E-state index contributed by atoms with van der Waals surface area (Å²) in [5.74, 6) is -1.27. The van der Waals surface area contributed by atoms with E-state index in [4.69, 9.17) is 11.6 Å². The number of benzene rings is 1. The number of carboxylic acids is 1. The van der Waals surface area contributed by atoms with Crippen LogP contribution in [0.25, 0.3) is 0 Å². The zero-order chi connectivity index (χ0) is 15.3. The van der Waals surface area contributed by atoms with Gasteiger partial charge in [-0.05, 0) is 37.5 Å². The first-order chi connectivity index (χ1) is 9.34. The molecule has 20 heavy (non-hydrogen) atoms. The molecule has 2 N–H and O–H groups in total. The number of carbonyl (C=O) groups is 2. The molecule has 1 amide bonds. The van der Waals surface area contributed by atoms with Gasteiger partial charge in [0.1, 0.15) is 0 Å². The molecule has 1 aromatic rings. The summed E-state index contributed by atoms with van der Waals surface area (Å²) >= 11 is 6.04. The number of rotatable bonds is 6. The van der Waals surface area contributed by atoms with Gasteiger partial charge in [0, 0.05) is 6.42 Å². The monoisotopic (exact) mass is 297 g/mol. The predicted octanol–water partition coefficient (Wildman–Crippen LogP) is 3.87. The molecule has 0 unspecified atom stereocenters. The average molecular weight is 298 g/mol. The maximum absolute atomic E-state index is 12.1. The Balaban J connectivity index is 2.83. The maximum Gasteiger partial charge on any atom is 0.310 e. The van der Waals surface area contributed by atoms with Crippen molar-refractivity contribution in [3.8, 4) is 0 Å². The first-order valence-electron chi connectivity index (χ1n) is 6.64. The van der Waals surface area contributed by atoms with Crippen LogP contribution in [0.15, 0.2) is 18.2 Å². The zero-order valence-electron chi connectivity index (χ0n) is 12.0. The molecule has 0 aromatic heterocycles. The van der Waals surface area contributed by atoms with Gasteiger partial charge < -0.3 is 10.4 Å². The van der Waals surface area contributed by atoms with E-state index in [2.05, 4.69) is 5.32 Å². The Morgan fingerprint density at radius 1 is 1.30 bits per heavy atom. The minimum absolute atomic E-state index is 0.0560. The van der Waals surface area contributed by atoms with E-state index in [1.54, 1.807) is 26.0 Å². The molecule has 1 aromatic carbocycles. The molecule has 0 radical (unpaired) electrons. The van der Waals surface area contributed by atoms with E-state index in [0.717, 1.165) is 5.56 Å². The lowest BCUT2D eigenvalue weighted by Gasteiger charge is -2.25. The van der Waals surface area contributed by atoms with Crippen LogP contribution < -0.4 is 5.32 Å². The number of carbonyl (C=O) groups excluding carboxylic acids is 1. The quantitative estimate of drug-likeness (QED) is 0.837. The van der Waals surface area contributed by atoms with Crippen molar-refractivity contribution in [1.29, 1.82) is 0 Å². The zero-order valence-corrected chi connectivity index (χ0v) is 12.8. The van der Waals surface area contributed by atoms with Gasteiger partial charge in [0.15, 0.2) is 0 Å². The van der Waals surface area contributed by atoms with Gasteiger partial charge >= 0.3 is 5.97 Å². The van der Waals surface area contributed by atoms with Crippen LogP contribution in [0.3, 0.4) is 0 Å². The van der Waals surface area contributed by atoms with Gasteiger partial charge in [-0.25, -0.2) is 0 Å². The summed E-state index contributed by atoms with van der Waals surface area (Å²) in [5, 5.41) is 12.5. The molecule has 0 atom stereocenters. The van der Waals surface area contributed by atoms with Gasteiger partial charge in [-0.3, -0.25) is 9.59 Å². The number of amides is 1. The third-order valence-electron chi connectivity index (χ3n) is 3.70. The Morgan fingerprint density at radius 2 is 1.90 bits per heavy atom. The second-order valence-corrected chi connectivity index (χ2v) is 5.41. The third-order valence-corrected chi connectivity index (χ3v) is 4.02. The van der Waals surface area contributed by atoms with Crippen molar-refractivity contribution in [3.63, 3.8) is 0 Å². The molecule has 0 bridgehead atoms. The molecule has 0 fully saturated rings. The second-order valence-electron chi connectivity index (χ2n) is 5.00. The summed E-state index contributed by atoms with van der Waals surface area (Å²) in [6.07, 6.45) is 0.765. The molecule has 0 aliphatic rings. The summed E-state index contributed by atoms with van der Waals surface area (Å²) < 4.78 is 0. The Kier molecular flexibility index (Phi) is 5.57. The van der Waals surface area contributed by atoms with Crippen molar-refractivity contribution in [1.82, 2.24) is 0 Å². The first kappa shape index (κ1) is 16.5. The molecule has 1 rings (SSSR count). The Hall–Kier alpha value is -1.55. The molecule has 110 valence electrons. The largest absolute Gasteiger partial charge is 0.481 e. The standard InChI is InChI=1S/C15H20ClNO3/c1-4-15(5-2,14(19)20)9-13(18)17-12-7-6-10(3)8-11(12)16/h6-8H,4-5,9H2,1-3H3,(H,17,18)(H,19,20). The summed E-state index contributed by atoms with van der Waals surface area (Å²) in [6.45, 7) is 5.47. The van der Waals surface area contributed by atoms with Crippen LogP contribution in [0.1, 0.15) is 38.7 Å². The first-order valence-corrected chi connectivity index (χ1v) is 7.02. The highest BCUT2D eigenvalue weighted by Gasteiger charge is 2.37. The Morgan fingerprint density at radius 3 is 2.35 bits per heavy atom. The number of carboxylic acid groups (broad SMARTS) is 1. The van der Waals surface area contributed by atoms with Crippen LogP contribution in [-0.4, -0.2) is 17.0 Å². The molecule has 5 heteroatoms. The van der Waals surface area contributed by atoms with Crippen molar-refractivity contribution < 1.29 is 14.7 Å². The van der Waals surface area contributed by atoms with E-state index in [9.17, 15) is 14.7 Å². The summed E-state index contributed by atoms with van der Waals surface area (Å²) in [4.78, 5) is 23.4. The van der Waals surface area contributed by atoms with Crippen molar-refractivity contribution in [3.05, 3.63) is 28.8 Å². The lowest BCUT2D eigenvalue weighted by atomic mass is 9.79. The second kappa shape index (κ2) is 6.75. The van der Waals surface area contributed by atoms with Gasteiger partial charge in [-0.15, -0.1) is 0 Å². The molecular formula is C15H20ClNO3. The molecular weight excluding hydrogens is 278 g/mol. The molecule has 0 aliphatic heterocycles. The molecule has 0 heterocycles. The third kappa shape index (κ3) is 3.73. The van der Waals surface area contributed by atoms with Crippen LogP contribution in [-0.2, 0) is 9.59 Å². The fourth-order valence-electron chi connectivity index (χ4n) is 2.10. The number of aliphatic carboxylic acids is 1. The van der Waals surface area contributed by atoms with Gasteiger partial charge in [0.05, 0.1) is 16.1 Å². The van der Waals surface area contributed by atoms with E-state index in [1.807, 2.05) is 13.0 Å². The molecule has 0 spiro atoms. The van der Waals surface area contributed by atoms with Crippen LogP contribution in [0.2, 0.25) is 5.02 Å². The highest BCUT2D eigenvalue weighted by Crippen LogP contribution is 2.32. The van der Waals surface area contributed by atoms with E-state index < -0.39 is 11.4 Å². The van der Waals surface area contributed by atoms with E-state index in [-0.39, 0.29) is 12.3 Å². The molecule has 0 saturated carbocycles. The number of hydrogen-bond donors (Lipinski definition) is 2. The van der Waals surface area contributed by atoms with E-state index in [0.29, 0.717) is 23.6 Å². The fourth-order valence-corrected chi connectivity index (χ4v) is 2.38. The molecule has 4 nitrogen and oxygen atoms in total. The van der Waals surface area contributed by atoms with Gasteiger partial charge in [-0.2, -0.15) is 0 Å². The SMILES string of the molecule is CCC(CC)(CC(=O)Nc1ccc(C)cc1Cl)C(=O)O. The number of aryl methyl sites for hydroxylation is 1. The summed E-state index contributed by atoms with van der Waals surface area (Å²) in [6, 6.07) is 5.31. The van der Waals surface area contributed by atoms with Crippen molar-refractivity contribution in [2.24, 2.45) is 5.41 Å². The smallest absolute Gasteiger partial charge is 0.310 e. The lowest BCUT2D eigenvalue weighted by molar-refractivity contribution is -0.151. The topological polar surface area (TPSA) is 66.4 Å². The molecule has 0 aliphatic carbocycles. The number of hydrogen-bond acceptors (Lipinski definition) is 2. The van der Waals surface area contributed by atoms with Crippen LogP contribution in [0.4, 0.5) is 5.69 Å². The van der Waals surface area contributed by atoms with Crippen molar-refractivity contribution in [2.75, 3.05) is 5.32 Å². The highest BCUT2D eigenvalue weighted by atomic mass is 35.5. The molecule has 0 saturated heterocycles.